The molecule has 1 rings (SSSR count). The molecule has 0 aliphatic heterocycles. The van der Waals surface area contributed by atoms with Crippen molar-refractivity contribution in [3.63, 3.8) is 0 Å². The van der Waals surface area contributed by atoms with Gasteiger partial charge in [-0.3, -0.25) is 0 Å². The van der Waals surface area contributed by atoms with E-state index in [9.17, 15) is 4.21 Å². The van der Waals surface area contributed by atoms with Crippen LogP contribution in [0.5, 0.6) is 0 Å². The highest BCUT2D eigenvalue weighted by molar-refractivity contribution is 7.64. The number of hydrogen-bond acceptors (Lipinski definition) is 2. The molecule has 1 aromatic heterocycles. The summed E-state index contributed by atoms with van der Waals surface area (Å²) in [7, 11) is 0. The summed E-state index contributed by atoms with van der Waals surface area (Å²) in [5.74, 6) is 0.465. The molecule has 41 valence electrons. The lowest BCUT2D eigenvalue weighted by molar-refractivity contribution is 0.556. The molecule has 0 fully saturated rings. The van der Waals surface area contributed by atoms with Crippen LogP contribution >= 0.6 is 0 Å². The van der Waals surface area contributed by atoms with Gasteiger partial charge in [-0.05, 0) is 6.07 Å². The van der Waals surface area contributed by atoms with E-state index >= 15 is 0 Å². The smallest absolute Gasteiger partial charge is 0.461 e. The van der Waals surface area contributed by atoms with E-state index in [2.05, 4.69) is 10.7 Å². The molecule has 0 atom stereocenters. The third-order valence-corrected chi connectivity index (χ3v) is 1.20. The highest BCUT2D eigenvalue weighted by Crippen LogP contribution is 1.97. The van der Waals surface area contributed by atoms with Gasteiger partial charge in [-0.2, -0.15) is 0 Å². The van der Waals surface area contributed by atoms with Crippen molar-refractivity contribution in [3.8, 4) is 0 Å². The molecule has 8 heavy (non-hydrogen) atoms. The Hall–Kier alpha value is -0.700. The monoisotopic (exact) mass is 128 g/mol. The fourth-order valence-electron chi connectivity index (χ4n) is 0.397. The first kappa shape index (κ1) is 5.44. The van der Waals surface area contributed by atoms with Crippen LogP contribution in [0.2, 0.25) is 0 Å². The second-order valence-corrected chi connectivity index (χ2v) is 1.86. The van der Waals surface area contributed by atoms with Gasteiger partial charge >= 0.3 is 11.7 Å². The van der Waals surface area contributed by atoms with Crippen LogP contribution in [0.25, 0.3) is 0 Å². The largest absolute Gasteiger partial charge is 0.463 e. The Kier molecular flexibility index (Phi) is 1.75. The van der Waals surface area contributed by atoms with Crippen molar-refractivity contribution in [1.82, 2.24) is 0 Å². The topological polar surface area (TPSA) is 30.2 Å². The molecule has 3 heteroatoms. The van der Waals surface area contributed by atoms with Gasteiger partial charge in [0.15, 0.2) is 6.26 Å². The van der Waals surface area contributed by atoms with Crippen LogP contribution in [0.4, 0.5) is 0 Å². The Morgan fingerprint density at radius 3 is 3.25 bits per heavy atom. The molecule has 0 spiro atoms. The predicted molar refractivity (Wildman–Crippen MR) is 29.3 cm³/mol. The first-order valence-corrected chi connectivity index (χ1v) is 3.03. The number of furan rings is 1. The van der Waals surface area contributed by atoms with Gasteiger partial charge in [-0.1, -0.05) is 0 Å². The van der Waals surface area contributed by atoms with Gasteiger partial charge in [0.05, 0.1) is 5.56 Å². The van der Waals surface area contributed by atoms with Crippen LogP contribution in [0.1, 0.15) is 5.56 Å². The first-order chi connectivity index (χ1) is 3.93. The maximum Gasteiger partial charge on any atom is 0.463 e. The highest BCUT2D eigenvalue weighted by atomic mass is 32.1. The van der Waals surface area contributed by atoms with Crippen molar-refractivity contribution in [2.75, 3.05) is 0 Å². The van der Waals surface area contributed by atoms with Gasteiger partial charge in [-0.25, -0.2) is 0 Å². The SMILES string of the molecule is O=[S+]Cc1c[c]oc1. The lowest BCUT2D eigenvalue weighted by atomic mass is 10.4. The molecule has 0 aliphatic carbocycles. The molecule has 1 radical (unpaired) electrons. The minimum absolute atomic E-state index is 0.465. The van der Waals surface area contributed by atoms with Crippen molar-refractivity contribution in [3.05, 3.63) is 24.2 Å². The normalized spacial score (nSPS) is 9.00. The van der Waals surface area contributed by atoms with Crippen LogP contribution in [-0.4, -0.2) is 0 Å². The summed E-state index contributed by atoms with van der Waals surface area (Å²) in [6.07, 6.45) is 4.01. The fourth-order valence-corrected chi connectivity index (χ4v) is 0.685. The molecular formula is C5H4O2S+. The molecular weight excluding hydrogens is 124 g/mol. The van der Waals surface area contributed by atoms with Crippen molar-refractivity contribution < 1.29 is 8.63 Å². The second kappa shape index (κ2) is 2.57. The maximum atomic E-state index is 9.86. The summed E-state index contributed by atoms with van der Waals surface area (Å²) in [5.41, 5.74) is 0.894. The van der Waals surface area contributed by atoms with E-state index in [-0.39, 0.29) is 0 Å². The van der Waals surface area contributed by atoms with Crippen LogP contribution in [-0.2, 0) is 21.6 Å². The second-order valence-electron chi connectivity index (χ2n) is 1.33. The molecule has 1 aromatic rings. The zero-order valence-electron chi connectivity index (χ0n) is 4.09. The van der Waals surface area contributed by atoms with Crippen LogP contribution < -0.4 is 0 Å². The first-order valence-electron chi connectivity index (χ1n) is 2.11. The zero-order chi connectivity index (χ0) is 5.82. The van der Waals surface area contributed by atoms with E-state index in [1.807, 2.05) is 0 Å². The van der Waals surface area contributed by atoms with Gasteiger partial charge < -0.3 is 4.42 Å². The molecule has 0 aromatic carbocycles. The lowest BCUT2D eigenvalue weighted by Gasteiger charge is -1.65. The van der Waals surface area contributed by atoms with Crippen LogP contribution in [0.15, 0.2) is 16.7 Å². The van der Waals surface area contributed by atoms with E-state index in [4.69, 9.17) is 0 Å². The Bertz CT molecular complexity index is 157. The van der Waals surface area contributed by atoms with Gasteiger partial charge in [-0.15, -0.1) is 0 Å². The summed E-state index contributed by atoms with van der Waals surface area (Å²) < 4.78 is 14.4. The summed E-state index contributed by atoms with van der Waals surface area (Å²) in [6.45, 7) is 0. The lowest BCUT2D eigenvalue weighted by Crippen LogP contribution is -1.72. The van der Waals surface area contributed by atoms with E-state index in [0.29, 0.717) is 17.4 Å². The number of rotatable bonds is 2. The Morgan fingerprint density at radius 2 is 2.75 bits per heavy atom. The van der Waals surface area contributed by atoms with Crippen LogP contribution in [0, 0.1) is 6.26 Å². The van der Waals surface area contributed by atoms with E-state index in [1.54, 1.807) is 6.07 Å². The summed E-state index contributed by atoms with van der Waals surface area (Å²) in [5, 5.41) is 0. The fraction of sp³-hybridized carbons (Fsp3) is 0.200. The molecule has 1 heterocycles. The summed E-state index contributed by atoms with van der Waals surface area (Å²) in [6, 6.07) is 1.66. The quantitative estimate of drug-likeness (QED) is 0.556. The molecule has 0 aliphatic rings. The Labute approximate surface area is 51.0 Å². The third kappa shape index (κ3) is 1.13. The van der Waals surface area contributed by atoms with Crippen molar-refractivity contribution in [2.45, 2.75) is 5.75 Å². The van der Waals surface area contributed by atoms with Crippen molar-refractivity contribution in [2.24, 2.45) is 0 Å². The molecule has 0 amide bonds. The van der Waals surface area contributed by atoms with Crippen LogP contribution in [0.3, 0.4) is 0 Å². The van der Waals surface area contributed by atoms with Gasteiger partial charge in [0, 0.05) is 4.21 Å². The average Bonchev–Trinajstić information content (AvgIpc) is 2.19. The standard InChI is InChI=1S/C5H4O2S/c6-8-4-5-1-2-7-3-5/h1,3H,4H2/q+1. The van der Waals surface area contributed by atoms with E-state index in [1.165, 1.54) is 6.26 Å². The van der Waals surface area contributed by atoms with Gasteiger partial charge in [0.2, 0.25) is 0 Å². The molecule has 0 saturated carbocycles. The number of hydrogen-bond donors (Lipinski definition) is 0. The molecule has 0 unspecified atom stereocenters. The summed E-state index contributed by atoms with van der Waals surface area (Å²) >= 11 is 0.529. The molecule has 0 saturated heterocycles. The third-order valence-electron chi connectivity index (χ3n) is 0.748. The predicted octanol–water partition coefficient (Wildman–Crippen LogP) is 1.01. The van der Waals surface area contributed by atoms with E-state index in [0.717, 1.165) is 5.56 Å². The molecule has 0 bridgehead atoms. The minimum atomic E-state index is 0.465. The van der Waals surface area contributed by atoms with Gasteiger partial charge in [0.25, 0.3) is 5.75 Å². The van der Waals surface area contributed by atoms with Crippen molar-refractivity contribution in [1.29, 1.82) is 0 Å². The average molecular weight is 128 g/mol. The Morgan fingerprint density at radius 1 is 1.88 bits per heavy atom. The minimum Gasteiger partial charge on any atom is -0.461 e. The van der Waals surface area contributed by atoms with Crippen molar-refractivity contribution >= 4 is 11.7 Å². The van der Waals surface area contributed by atoms with E-state index < -0.39 is 0 Å². The zero-order valence-corrected chi connectivity index (χ0v) is 4.90. The molecule has 0 N–H and O–H groups in total. The Balaban J connectivity index is 2.62. The maximum absolute atomic E-state index is 9.86. The van der Waals surface area contributed by atoms with Gasteiger partial charge in [0.1, 0.15) is 6.26 Å². The summed E-state index contributed by atoms with van der Waals surface area (Å²) in [4.78, 5) is 0. The highest BCUT2D eigenvalue weighted by Gasteiger charge is 2.01. The molecule has 2 nitrogen and oxygen atoms in total.